The van der Waals surface area contributed by atoms with Crippen molar-refractivity contribution < 1.29 is 0 Å². The Kier molecular flexibility index (Phi) is 2.85. The fourth-order valence-corrected chi connectivity index (χ4v) is 2.10. The standard InChI is InChI=1S/C5H9BrN2S/c1-7-5-8-3-4(2-6)9-5/h4H,2-3H2,1H3,(H,7,8). The summed E-state index contributed by atoms with van der Waals surface area (Å²) in [5, 5.41) is 5.97. The van der Waals surface area contributed by atoms with Crippen LogP contribution in [0.4, 0.5) is 0 Å². The second-order valence-electron chi connectivity index (χ2n) is 1.80. The smallest absolute Gasteiger partial charge is 0.156 e. The van der Waals surface area contributed by atoms with Gasteiger partial charge >= 0.3 is 0 Å². The highest BCUT2D eigenvalue weighted by Crippen LogP contribution is 2.18. The van der Waals surface area contributed by atoms with Gasteiger partial charge in [0.25, 0.3) is 0 Å². The van der Waals surface area contributed by atoms with Gasteiger partial charge in [0.1, 0.15) is 0 Å². The normalized spacial score (nSPS) is 30.9. The summed E-state index contributed by atoms with van der Waals surface area (Å²) >= 11 is 5.22. The molecule has 1 N–H and O–H groups in total. The van der Waals surface area contributed by atoms with E-state index in [0.29, 0.717) is 5.25 Å². The Morgan fingerprint density at radius 3 is 3.11 bits per heavy atom. The first kappa shape index (κ1) is 7.41. The minimum Gasteiger partial charge on any atom is -0.364 e. The number of nitrogens with zero attached hydrogens (tertiary/aromatic N) is 1. The predicted molar refractivity (Wildman–Crippen MR) is 46.5 cm³/mol. The highest BCUT2D eigenvalue weighted by Gasteiger charge is 2.18. The third kappa shape index (κ3) is 1.86. The average Bonchev–Trinajstić information content (AvgIpc) is 2.34. The molecule has 52 valence electrons. The first-order valence-corrected chi connectivity index (χ1v) is 4.80. The van der Waals surface area contributed by atoms with Crippen LogP contribution < -0.4 is 5.32 Å². The lowest BCUT2D eigenvalue weighted by atomic mass is 10.5. The van der Waals surface area contributed by atoms with Crippen LogP contribution in [-0.2, 0) is 0 Å². The van der Waals surface area contributed by atoms with Crippen LogP contribution in [0.2, 0.25) is 0 Å². The lowest BCUT2D eigenvalue weighted by molar-refractivity contribution is 0.901. The van der Waals surface area contributed by atoms with Gasteiger partial charge in [0.15, 0.2) is 5.17 Å². The van der Waals surface area contributed by atoms with E-state index in [0.717, 1.165) is 17.0 Å². The fourth-order valence-electron chi connectivity index (χ4n) is 0.660. The van der Waals surface area contributed by atoms with E-state index in [1.54, 1.807) is 11.8 Å². The van der Waals surface area contributed by atoms with Gasteiger partial charge in [0.2, 0.25) is 0 Å². The van der Waals surface area contributed by atoms with Gasteiger partial charge in [0.05, 0.1) is 0 Å². The van der Waals surface area contributed by atoms with Gasteiger partial charge in [-0.25, -0.2) is 0 Å². The molecule has 1 saturated heterocycles. The zero-order valence-electron chi connectivity index (χ0n) is 5.22. The van der Waals surface area contributed by atoms with E-state index < -0.39 is 0 Å². The van der Waals surface area contributed by atoms with E-state index in [1.807, 2.05) is 7.05 Å². The minimum absolute atomic E-state index is 0.670. The Morgan fingerprint density at radius 2 is 2.78 bits per heavy atom. The predicted octanol–water partition coefficient (Wildman–Crippen LogP) is 1.07. The molecule has 1 rings (SSSR count). The molecule has 1 fully saturated rings. The molecule has 0 aromatic heterocycles. The van der Waals surface area contributed by atoms with E-state index in [1.165, 1.54) is 0 Å². The molecule has 0 aromatic carbocycles. The number of alkyl halides is 1. The number of thioether (sulfide) groups is 1. The third-order valence-corrected chi connectivity index (χ3v) is 3.56. The average molecular weight is 209 g/mol. The Bertz CT molecular complexity index is 126. The molecule has 0 aliphatic carbocycles. The second kappa shape index (κ2) is 3.46. The summed E-state index contributed by atoms with van der Waals surface area (Å²) in [6, 6.07) is 0. The molecule has 2 nitrogen and oxygen atoms in total. The van der Waals surface area contributed by atoms with Crippen molar-refractivity contribution in [2.24, 2.45) is 4.99 Å². The Labute approximate surface area is 67.6 Å². The molecule has 1 atom stereocenters. The van der Waals surface area contributed by atoms with Gasteiger partial charge in [-0.05, 0) is 0 Å². The molecule has 1 aliphatic heterocycles. The van der Waals surface area contributed by atoms with Crippen LogP contribution in [0, 0.1) is 0 Å². The lowest BCUT2D eigenvalue weighted by Crippen LogP contribution is -2.16. The zero-order chi connectivity index (χ0) is 6.69. The Hall–Kier alpha value is 0.300. The molecule has 4 heteroatoms. The maximum Gasteiger partial charge on any atom is 0.156 e. The fraction of sp³-hybridized carbons (Fsp3) is 0.800. The van der Waals surface area contributed by atoms with E-state index in [-0.39, 0.29) is 0 Å². The molecule has 1 unspecified atom stereocenters. The molecule has 0 radical (unpaired) electrons. The molecule has 0 saturated carbocycles. The van der Waals surface area contributed by atoms with Crippen LogP contribution in [0.25, 0.3) is 0 Å². The van der Waals surface area contributed by atoms with Crippen molar-refractivity contribution in [2.45, 2.75) is 5.25 Å². The van der Waals surface area contributed by atoms with Gasteiger partial charge in [-0.1, -0.05) is 27.7 Å². The summed E-state index contributed by atoms with van der Waals surface area (Å²) in [7, 11) is 1.81. The minimum atomic E-state index is 0.670. The largest absolute Gasteiger partial charge is 0.364 e. The first-order chi connectivity index (χ1) is 4.36. The zero-order valence-corrected chi connectivity index (χ0v) is 7.63. The molecule has 9 heavy (non-hydrogen) atoms. The number of hydrogen-bond acceptors (Lipinski definition) is 2. The van der Waals surface area contributed by atoms with Crippen molar-refractivity contribution >= 4 is 32.9 Å². The van der Waals surface area contributed by atoms with Gasteiger partial charge in [0, 0.05) is 24.2 Å². The number of nitrogens with one attached hydrogen (secondary N) is 1. The molecule has 1 aliphatic rings. The molecular weight excluding hydrogens is 200 g/mol. The van der Waals surface area contributed by atoms with Crippen LogP contribution in [0.15, 0.2) is 4.99 Å². The Balaban J connectivity index is 2.38. The quantitative estimate of drug-likeness (QED) is 0.653. The highest BCUT2D eigenvalue weighted by atomic mass is 79.9. The molecule has 0 aromatic rings. The molecule has 0 bridgehead atoms. The summed E-state index contributed by atoms with van der Waals surface area (Å²) in [6.45, 7) is 1.04. The first-order valence-electron chi connectivity index (χ1n) is 2.80. The number of amidine groups is 1. The van der Waals surface area contributed by atoms with E-state index in [4.69, 9.17) is 0 Å². The van der Waals surface area contributed by atoms with Crippen LogP contribution in [0.1, 0.15) is 0 Å². The van der Waals surface area contributed by atoms with E-state index in [9.17, 15) is 0 Å². The number of halogens is 1. The van der Waals surface area contributed by atoms with Crippen molar-refractivity contribution in [3.05, 3.63) is 0 Å². The number of rotatable bonds is 1. The summed E-state index contributed by atoms with van der Waals surface area (Å²) in [6.07, 6.45) is 0. The van der Waals surface area contributed by atoms with Crippen LogP contribution in [0.3, 0.4) is 0 Å². The van der Waals surface area contributed by atoms with Crippen molar-refractivity contribution in [1.82, 2.24) is 5.32 Å². The van der Waals surface area contributed by atoms with E-state index >= 15 is 0 Å². The summed E-state index contributed by atoms with van der Waals surface area (Å²) in [4.78, 5) is 4.03. The van der Waals surface area contributed by atoms with Gasteiger partial charge in [-0.15, -0.1) is 0 Å². The SMILES string of the molecule is CN=C1NCC(CBr)S1. The lowest BCUT2D eigenvalue weighted by Gasteiger charge is -1.95. The summed E-state index contributed by atoms with van der Waals surface area (Å²) in [5.41, 5.74) is 0. The molecule has 0 amide bonds. The third-order valence-electron chi connectivity index (χ3n) is 1.13. The van der Waals surface area contributed by atoms with Crippen molar-refractivity contribution in [2.75, 3.05) is 18.9 Å². The van der Waals surface area contributed by atoms with Gasteiger partial charge < -0.3 is 5.32 Å². The van der Waals surface area contributed by atoms with Gasteiger partial charge in [-0.3, -0.25) is 4.99 Å². The topological polar surface area (TPSA) is 24.4 Å². The number of hydrogen-bond donors (Lipinski definition) is 1. The highest BCUT2D eigenvalue weighted by molar-refractivity contribution is 9.09. The number of aliphatic imine (C=N–C) groups is 1. The van der Waals surface area contributed by atoms with Crippen molar-refractivity contribution in [3.8, 4) is 0 Å². The van der Waals surface area contributed by atoms with E-state index in [2.05, 4.69) is 26.2 Å². The summed E-state index contributed by atoms with van der Waals surface area (Å²) in [5.74, 6) is 0. The van der Waals surface area contributed by atoms with Crippen LogP contribution in [-0.4, -0.2) is 29.3 Å². The molecule has 1 heterocycles. The van der Waals surface area contributed by atoms with Crippen molar-refractivity contribution in [3.63, 3.8) is 0 Å². The van der Waals surface area contributed by atoms with Crippen LogP contribution in [0.5, 0.6) is 0 Å². The summed E-state index contributed by atoms with van der Waals surface area (Å²) < 4.78 is 0. The maximum atomic E-state index is 4.03. The van der Waals surface area contributed by atoms with Crippen molar-refractivity contribution in [1.29, 1.82) is 0 Å². The Morgan fingerprint density at radius 1 is 2.00 bits per heavy atom. The molecule has 0 spiro atoms. The molecular formula is C5H9BrN2S. The van der Waals surface area contributed by atoms with Gasteiger partial charge in [-0.2, -0.15) is 0 Å². The maximum absolute atomic E-state index is 4.03. The van der Waals surface area contributed by atoms with Crippen LogP contribution >= 0.6 is 27.7 Å². The second-order valence-corrected chi connectivity index (χ2v) is 3.74. The monoisotopic (exact) mass is 208 g/mol.